The smallest absolute Gasteiger partial charge is 0.371 e. The summed E-state index contributed by atoms with van der Waals surface area (Å²) in [6, 6.07) is 2.34. The number of hydrogen-bond donors (Lipinski definition) is 1. The van der Waals surface area contributed by atoms with Crippen molar-refractivity contribution in [2.24, 2.45) is 11.8 Å². The Hall–Kier alpha value is -1.34. The van der Waals surface area contributed by atoms with Gasteiger partial charge in [-0.15, -0.1) is 0 Å². The molecule has 0 unspecified atom stereocenters. The Balaban J connectivity index is 3.10. The number of sulfonamides is 1. The normalized spacial score (nSPS) is 12.6. The SMILES string of the molecule is CC(C)CN(CC(C)C)S(=O)(=O)c1ccc(C(=O)O)o1. The predicted octanol–water partition coefficient (Wildman–Crippen LogP) is 2.28. The fourth-order valence-corrected chi connectivity index (χ4v) is 3.46. The molecule has 0 spiro atoms. The molecule has 1 N–H and O–H groups in total. The highest BCUT2D eigenvalue weighted by Gasteiger charge is 2.29. The van der Waals surface area contributed by atoms with Crippen molar-refractivity contribution < 1.29 is 22.7 Å². The summed E-state index contributed by atoms with van der Waals surface area (Å²) in [5.41, 5.74) is 0. The molecular weight excluding hydrogens is 282 g/mol. The Labute approximate surface area is 119 Å². The Morgan fingerprint density at radius 1 is 1.20 bits per heavy atom. The lowest BCUT2D eigenvalue weighted by Gasteiger charge is -2.24. The molecule has 0 aliphatic carbocycles. The molecule has 0 radical (unpaired) electrons. The molecule has 114 valence electrons. The van der Waals surface area contributed by atoms with Crippen LogP contribution >= 0.6 is 0 Å². The van der Waals surface area contributed by atoms with E-state index in [1.54, 1.807) is 0 Å². The van der Waals surface area contributed by atoms with E-state index in [0.717, 1.165) is 6.07 Å². The first kappa shape index (κ1) is 16.7. The van der Waals surface area contributed by atoms with Crippen molar-refractivity contribution in [2.75, 3.05) is 13.1 Å². The van der Waals surface area contributed by atoms with Gasteiger partial charge in [0.2, 0.25) is 10.9 Å². The van der Waals surface area contributed by atoms with Crippen LogP contribution in [0.5, 0.6) is 0 Å². The van der Waals surface area contributed by atoms with Crippen LogP contribution in [0.2, 0.25) is 0 Å². The van der Waals surface area contributed by atoms with E-state index in [9.17, 15) is 13.2 Å². The molecule has 0 bridgehead atoms. The van der Waals surface area contributed by atoms with Gasteiger partial charge in [0.05, 0.1) is 0 Å². The molecule has 6 nitrogen and oxygen atoms in total. The molecule has 1 rings (SSSR count). The molecule has 7 heteroatoms. The zero-order valence-electron chi connectivity index (χ0n) is 12.2. The lowest BCUT2D eigenvalue weighted by molar-refractivity contribution is 0.0656. The number of carboxylic acids is 1. The van der Waals surface area contributed by atoms with Gasteiger partial charge in [-0.05, 0) is 24.0 Å². The summed E-state index contributed by atoms with van der Waals surface area (Å²) in [7, 11) is -3.80. The van der Waals surface area contributed by atoms with E-state index in [0.29, 0.717) is 13.1 Å². The van der Waals surface area contributed by atoms with E-state index in [4.69, 9.17) is 9.52 Å². The molecule has 1 heterocycles. The number of furan rings is 1. The number of aromatic carboxylic acids is 1. The molecule has 0 atom stereocenters. The van der Waals surface area contributed by atoms with E-state index in [1.807, 2.05) is 27.7 Å². The zero-order valence-corrected chi connectivity index (χ0v) is 13.0. The van der Waals surface area contributed by atoms with Gasteiger partial charge >= 0.3 is 5.97 Å². The first-order valence-electron chi connectivity index (χ1n) is 6.48. The molecule has 0 aliphatic heterocycles. The van der Waals surface area contributed by atoms with Crippen LogP contribution in [-0.4, -0.2) is 36.9 Å². The molecule has 0 amide bonds. The fraction of sp³-hybridized carbons (Fsp3) is 0.615. The fourth-order valence-electron chi connectivity index (χ4n) is 1.79. The van der Waals surface area contributed by atoms with Crippen molar-refractivity contribution >= 4 is 16.0 Å². The molecule has 20 heavy (non-hydrogen) atoms. The highest BCUT2D eigenvalue weighted by atomic mass is 32.2. The van der Waals surface area contributed by atoms with E-state index >= 15 is 0 Å². The lowest BCUT2D eigenvalue weighted by atomic mass is 10.2. The second-order valence-corrected chi connectivity index (χ2v) is 7.40. The van der Waals surface area contributed by atoms with Crippen molar-refractivity contribution in [1.29, 1.82) is 0 Å². The number of carboxylic acid groups (broad SMARTS) is 1. The number of hydrogen-bond acceptors (Lipinski definition) is 4. The molecule has 0 aromatic carbocycles. The largest absolute Gasteiger partial charge is 0.475 e. The summed E-state index contributed by atoms with van der Waals surface area (Å²) in [6.45, 7) is 8.43. The first-order valence-corrected chi connectivity index (χ1v) is 7.92. The molecule has 0 fully saturated rings. The van der Waals surface area contributed by atoms with E-state index in [1.165, 1.54) is 10.4 Å². The maximum atomic E-state index is 12.5. The predicted molar refractivity (Wildman–Crippen MR) is 74.1 cm³/mol. The zero-order chi connectivity index (χ0) is 15.5. The number of rotatable bonds is 7. The van der Waals surface area contributed by atoms with Gasteiger partial charge in [-0.25, -0.2) is 13.2 Å². The van der Waals surface area contributed by atoms with Gasteiger partial charge in [0.15, 0.2) is 0 Å². The van der Waals surface area contributed by atoms with Crippen molar-refractivity contribution in [3.05, 3.63) is 17.9 Å². The van der Waals surface area contributed by atoms with Crippen LogP contribution in [0.4, 0.5) is 0 Å². The summed E-state index contributed by atoms with van der Waals surface area (Å²) in [5.74, 6) is -1.33. The van der Waals surface area contributed by atoms with Crippen molar-refractivity contribution in [2.45, 2.75) is 32.8 Å². The van der Waals surface area contributed by atoms with Crippen molar-refractivity contribution in [3.8, 4) is 0 Å². The lowest BCUT2D eigenvalue weighted by Crippen LogP contribution is -2.36. The molecular formula is C13H21NO5S. The summed E-state index contributed by atoms with van der Waals surface area (Å²) in [4.78, 5) is 10.8. The maximum absolute atomic E-state index is 12.5. The van der Waals surface area contributed by atoms with Gasteiger partial charge in [-0.1, -0.05) is 27.7 Å². The van der Waals surface area contributed by atoms with Gasteiger partial charge in [0.25, 0.3) is 10.0 Å². The van der Waals surface area contributed by atoms with Gasteiger partial charge in [-0.2, -0.15) is 4.31 Å². The van der Waals surface area contributed by atoms with Crippen LogP contribution < -0.4 is 0 Å². The number of carbonyl (C=O) groups is 1. The molecule has 1 aromatic heterocycles. The van der Waals surface area contributed by atoms with Crippen LogP contribution in [0.1, 0.15) is 38.2 Å². The van der Waals surface area contributed by atoms with Crippen LogP contribution in [0.25, 0.3) is 0 Å². The minimum absolute atomic E-state index is 0.164. The molecule has 0 saturated carbocycles. The second kappa shape index (κ2) is 6.41. The summed E-state index contributed by atoms with van der Waals surface area (Å²) >= 11 is 0. The Kier molecular flexibility index (Phi) is 5.35. The summed E-state index contributed by atoms with van der Waals surface area (Å²) < 4.78 is 31.2. The van der Waals surface area contributed by atoms with Gasteiger partial charge in [-0.3, -0.25) is 0 Å². The van der Waals surface area contributed by atoms with E-state index in [-0.39, 0.29) is 22.7 Å². The summed E-state index contributed by atoms with van der Waals surface area (Å²) in [6.07, 6.45) is 0. The van der Waals surface area contributed by atoms with Crippen LogP contribution in [0.3, 0.4) is 0 Å². The third-order valence-corrected chi connectivity index (χ3v) is 4.23. The highest BCUT2D eigenvalue weighted by Crippen LogP contribution is 2.21. The van der Waals surface area contributed by atoms with Crippen LogP contribution in [0, 0.1) is 11.8 Å². The summed E-state index contributed by atoms with van der Waals surface area (Å²) in [5, 5.41) is 8.47. The second-order valence-electron chi connectivity index (χ2n) is 5.53. The van der Waals surface area contributed by atoms with Crippen molar-refractivity contribution in [3.63, 3.8) is 0 Å². The maximum Gasteiger partial charge on any atom is 0.371 e. The van der Waals surface area contributed by atoms with Gasteiger partial charge < -0.3 is 9.52 Å². The minimum atomic E-state index is -3.80. The topological polar surface area (TPSA) is 87.8 Å². The third kappa shape index (κ3) is 4.08. The van der Waals surface area contributed by atoms with Crippen LogP contribution in [-0.2, 0) is 10.0 Å². The quantitative estimate of drug-likeness (QED) is 0.835. The third-order valence-electron chi connectivity index (χ3n) is 2.52. The van der Waals surface area contributed by atoms with Gasteiger partial charge in [0.1, 0.15) is 0 Å². The monoisotopic (exact) mass is 303 g/mol. The van der Waals surface area contributed by atoms with Crippen LogP contribution in [0.15, 0.2) is 21.6 Å². The minimum Gasteiger partial charge on any atom is -0.475 e. The average molecular weight is 303 g/mol. The van der Waals surface area contributed by atoms with E-state index in [2.05, 4.69) is 0 Å². The molecule has 0 aliphatic rings. The Morgan fingerprint density at radius 3 is 2.05 bits per heavy atom. The van der Waals surface area contributed by atoms with Gasteiger partial charge in [0, 0.05) is 13.1 Å². The first-order chi connectivity index (χ1) is 9.14. The standard InChI is InChI=1S/C13H21NO5S/c1-9(2)7-14(8-10(3)4)20(17,18)12-6-5-11(19-12)13(15)16/h5-6,9-10H,7-8H2,1-4H3,(H,15,16). The number of nitrogens with zero attached hydrogens (tertiary/aromatic N) is 1. The van der Waals surface area contributed by atoms with E-state index < -0.39 is 16.0 Å². The Bertz CT molecular complexity index is 549. The highest BCUT2D eigenvalue weighted by molar-refractivity contribution is 7.89. The average Bonchev–Trinajstić information content (AvgIpc) is 2.76. The molecule has 0 saturated heterocycles. The Morgan fingerprint density at radius 2 is 1.70 bits per heavy atom. The molecule has 1 aromatic rings. The van der Waals surface area contributed by atoms with Crippen molar-refractivity contribution in [1.82, 2.24) is 4.31 Å².